The Kier molecular flexibility index (Phi) is 7.13. The molecule has 0 aromatic heterocycles. The van der Waals surface area contributed by atoms with Crippen molar-refractivity contribution in [1.82, 2.24) is 5.32 Å². The average Bonchev–Trinajstić information content (AvgIpc) is 2.59. The van der Waals surface area contributed by atoms with Gasteiger partial charge in [0.2, 0.25) is 5.91 Å². The lowest BCUT2D eigenvalue weighted by Crippen LogP contribution is -2.20. The predicted molar refractivity (Wildman–Crippen MR) is 104 cm³/mol. The Labute approximate surface area is 149 Å². The molecule has 3 N–H and O–H groups in total. The molecule has 0 bridgehead atoms. The highest BCUT2D eigenvalue weighted by Crippen LogP contribution is 2.44. The Morgan fingerprint density at radius 3 is 2.75 bits per heavy atom. The van der Waals surface area contributed by atoms with Crippen molar-refractivity contribution in [3.8, 4) is 0 Å². The highest BCUT2D eigenvalue weighted by molar-refractivity contribution is 8.11. The van der Waals surface area contributed by atoms with Crippen molar-refractivity contribution in [3.05, 3.63) is 52.1 Å². The van der Waals surface area contributed by atoms with Crippen LogP contribution in [0.3, 0.4) is 0 Å². The normalized spacial score (nSPS) is 17.7. The number of rotatable bonds is 7. The standard InChI is InChI=1S/C20H28N2OS/c1-4-5-8-16-11-12-19(18-10-7-6-9-17(16)18)24-20(14(2)13-21)22-15(3)23/h6-7,9-10,12,16H,4-5,8,11,13,21H2,1-3H3,(H,22,23)/b20-14+. The van der Waals surface area contributed by atoms with E-state index in [1.165, 1.54) is 42.2 Å². The van der Waals surface area contributed by atoms with Gasteiger partial charge in [0, 0.05) is 18.4 Å². The number of allylic oxidation sites excluding steroid dienone is 1. The summed E-state index contributed by atoms with van der Waals surface area (Å²) in [6.45, 7) is 6.19. The third kappa shape index (κ3) is 4.74. The van der Waals surface area contributed by atoms with Crippen molar-refractivity contribution in [1.29, 1.82) is 0 Å². The summed E-state index contributed by atoms with van der Waals surface area (Å²) in [5.74, 6) is 0.546. The van der Waals surface area contributed by atoms with E-state index in [2.05, 4.69) is 42.6 Å². The monoisotopic (exact) mass is 344 g/mol. The maximum atomic E-state index is 11.5. The first kappa shape index (κ1) is 18.8. The fraction of sp³-hybridized carbons (Fsp3) is 0.450. The number of fused-ring (bicyclic) bond motifs is 1. The molecule has 1 unspecified atom stereocenters. The fourth-order valence-corrected chi connectivity index (χ4v) is 4.11. The van der Waals surface area contributed by atoms with Gasteiger partial charge in [-0.1, -0.05) is 61.9 Å². The third-order valence-corrected chi connectivity index (χ3v) is 5.62. The van der Waals surface area contributed by atoms with E-state index in [4.69, 9.17) is 5.73 Å². The zero-order valence-corrected chi connectivity index (χ0v) is 15.7. The van der Waals surface area contributed by atoms with Gasteiger partial charge in [-0.05, 0) is 42.4 Å². The van der Waals surface area contributed by atoms with Crippen LogP contribution in [0.4, 0.5) is 0 Å². The number of hydrogen-bond acceptors (Lipinski definition) is 3. The molecule has 1 aromatic rings. The van der Waals surface area contributed by atoms with E-state index in [1.807, 2.05) is 6.92 Å². The van der Waals surface area contributed by atoms with Crippen LogP contribution in [0.2, 0.25) is 0 Å². The van der Waals surface area contributed by atoms with Crippen LogP contribution in [0, 0.1) is 0 Å². The molecule has 1 aliphatic carbocycles. The number of carbonyl (C=O) groups is 1. The lowest BCUT2D eigenvalue weighted by molar-refractivity contribution is -0.118. The largest absolute Gasteiger partial charge is 0.327 e. The lowest BCUT2D eigenvalue weighted by atomic mass is 9.84. The highest BCUT2D eigenvalue weighted by Gasteiger charge is 2.22. The molecule has 0 radical (unpaired) electrons. The van der Waals surface area contributed by atoms with E-state index in [9.17, 15) is 4.79 Å². The van der Waals surface area contributed by atoms with E-state index in [-0.39, 0.29) is 5.91 Å². The Morgan fingerprint density at radius 2 is 2.08 bits per heavy atom. The van der Waals surface area contributed by atoms with Crippen molar-refractivity contribution in [2.75, 3.05) is 6.54 Å². The van der Waals surface area contributed by atoms with Gasteiger partial charge in [0.1, 0.15) is 0 Å². The first-order valence-corrected chi connectivity index (χ1v) is 9.53. The summed E-state index contributed by atoms with van der Waals surface area (Å²) in [4.78, 5) is 12.7. The van der Waals surface area contributed by atoms with Crippen LogP contribution in [0.5, 0.6) is 0 Å². The molecule has 3 nitrogen and oxygen atoms in total. The molecule has 0 fully saturated rings. The number of benzene rings is 1. The molecule has 2 rings (SSSR count). The molecule has 0 heterocycles. The number of thioether (sulfide) groups is 1. The molecule has 1 aliphatic rings. The maximum Gasteiger partial charge on any atom is 0.221 e. The number of amides is 1. The van der Waals surface area contributed by atoms with Gasteiger partial charge in [0.15, 0.2) is 0 Å². The second-order valence-corrected chi connectivity index (χ2v) is 7.38. The van der Waals surface area contributed by atoms with E-state index in [0.717, 1.165) is 17.0 Å². The Bertz CT molecular complexity index is 649. The molecular weight excluding hydrogens is 316 g/mol. The molecule has 4 heteroatoms. The SMILES string of the molecule is CCCCC1CC=C(S/C(NC(C)=O)=C(\C)CN)c2ccccc21. The predicted octanol–water partition coefficient (Wildman–Crippen LogP) is 4.76. The van der Waals surface area contributed by atoms with Crippen LogP contribution in [-0.4, -0.2) is 12.5 Å². The lowest BCUT2D eigenvalue weighted by Gasteiger charge is -2.26. The van der Waals surface area contributed by atoms with Gasteiger partial charge in [0.25, 0.3) is 0 Å². The molecule has 0 spiro atoms. The van der Waals surface area contributed by atoms with Gasteiger partial charge in [-0.2, -0.15) is 0 Å². The van der Waals surface area contributed by atoms with Gasteiger partial charge in [-0.25, -0.2) is 0 Å². The van der Waals surface area contributed by atoms with Crippen LogP contribution in [-0.2, 0) is 4.79 Å². The van der Waals surface area contributed by atoms with E-state index >= 15 is 0 Å². The first-order chi connectivity index (χ1) is 11.6. The van der Waals surface area contributed by atoms with E-state index in [1.54, 1.807) is 11.8 Å². The quantitative estimate of drug-likeness (QED) is 0.749. The number of nitrogens with one attached hydrogen (secondary N) is 1. The molecule has 1 atom stereocenters. The second-order valence-electron chi connectivity index (χ2n) is 6.33. The summed E-state index contributed by atoms with van der Waals surface area (Å²) in [7, 11) is 0. The van der Waals surface area contributed by atoms with Crippen molar-refractivity contribution >= 4 is 22.6 Å². The average molecular weight is 345 g/mol. The van der Waals surface area contributed by atoms with Crippen LogP contribution in [0.25, 0.3) is 4.91 Å². The summed E-state index contributed by atoms with van der Waals surface area (Å²) < 4.78 is 0. The fourth-order valence-electron chi connectivity index (χ4n) is 2.97. The second kappa shape index (κ2) is 9.09. The molecular formula is C20H28N2OS. The minimum atomic E-state index is -0.0594. The Hall–Kier alpha value is -1.52. The van der Waals surface area contributed by atoms with E-state index in [0.29, 0.717) is 12.5 Å². The summed E-state index contributed by atoms with van der Waals surface area (Å²) in [6.07, 6.45) is 7.11. The van der Waals surface area contributed by atoms with Crippen molar-refractivity contribution in [2.24, 2.45) is 5.73 Å². The van der Waals surface area contributed by atoms with Crippen molar-refractivity contribution in [3.63, 3.8) is 0 Å². The molecule has 1 amide bonds. The third-order valence-electron chi connectivity index (χ3n) is 4.36. The van der Waals surface area contributed by atoms with Crippen molar-refractivity contribution in [2.45, 2.75) is 52.4 Å². The topological polar surface area (TPSA) is 55.1 Å². The number of nitrogens with two attached hydrogens (primary N) is 1. The zero-order valence-electron chi connectivity index (χ0n) is 14.9. The number of hydrogen-bond donors (Lipinski definition) is 2. The molecule has 0 aliphatic heterocycles. The van der Waals surface area contributed by atoms with Crippen LogP contribution >= 0.6 is 11.8 Å². The summed E-state index contributed by atoms with van der Waals surface area (Å²) >= 11 is 1.62. The smallest absolute Gasteiger partial charge is 0.221 e. The molecule has 0 saturated carbocycles. The minimum absolute atomic E-state index is 0.0594. The molecule has 0 saturated heterocycles. The zero-order chi connectivity index (χ0) is 17.5. The van der Waals surface area contributed by atoms with Gasteiger partial charge >= 0.3 is 0 Å². The Morgan fingerprint density at radius 1 is 1.33 bits per heavy atom. The summed E-state index contributed by atoms with van der Waals surface area (Å²) in [6, 6.07) is 8.66. The first-order valence-electron chi connectivity index (χ1n) is 8.71. The van der Waals surface area contributed by atoms with Crippen LogP contribution < -0.4 is 11.1 Å². The summed E-state index contributed by atoms with van der Waals surface area (Å²) in [5.41, 5.74) is 9.51. The Balaban J connectivity index is 2.28. The van der Waals surface area contributed by atoms with Gasteiger partial charge in [-0.15, -0.1) is 0 Å². The molecule has 130 valence electrons. The maximum absolute atomic E-state index is 11.5. The highest BCUT2D eigenvalue weighted by atomic mass is 32.2. The van der Waals surface area contributed by atoms with E-state index < -0.39 is 0 Å². The van der Waals surface area contributed by atoms with Gasteiger partial charge < -0.3 is 11.1 Å². The van der Waals surface area contributed by atoms with Crippen molar-refractivity contribution < 1.29 is 4.79 Å². The molecule has 1 aromatic carbocycles. The number of carbonyl (C=O) groups excluding carboxylic acids is 1. The minimum Gasteiger partial charge on any atom is -0.327 e. The van der Waals surface area contributed by atoms with Crippen LogP contribution in [0.15, 0.2) is 40.9 Å². The van der Waals surface area contributed by atoms with Gasteiger partial charge in [-0.3, -0.25) is 4.79 Å². The number of unbranched alkanes of at least 4 members (excludes halogenated alkanes) is 1. The van der Waals surface area contributed by atoms with Gasteiger partial charge in [0.05, 0.1) is 5.03 Å². The molecule has 24 heavy (non-hydrogen) atoms. The summed E-state index contributed by atoms with van der Waals surface area (Å²) in [5, 5.41) is 3.80. The van der Waals surface area contributed by atoms with Crippen LogP contribution in [0.1, 0.15) is 63.5 Å².